The van der Waals surface area contributed by atoms with Gasteiger partial charge in [0.15, 0.2) is 0 Å². The van der Waals surface area contributed by atoms with Gasteiger partial charge >= 0.3 is 0 Å². The van der Waals surface area contributed by atoms with E-state index in [1.165, 1.54) is 30.2 Å². The number of halogens is 1. The summed E-state index contributed by atoms with van der Waals surface area (Å²) in [5.74, 6) is 0.469. The zero-order valence-corrected chi connectivity index (χ0v) is 16.7. The highest BCUT2D eigenvalue weighted by Gasteiger charge is 2.14. The van der Waals surface area contributed by atoms with Gasteiger partial charge < -0.3 is 5.32 Å². The lowest BCUT2D eigenvalue weighted by atomic mass is 9.96. The van der Waals surface area contributed by atoms with E-state index in [-0.39, 0.29) is 5.91 Å². The molecule has 1 aliphatic carbocycles. The van der Waals surface area contributed by atoms with Gasteiger partial charge in [-0.2, -0.15) is 5.26 Å². The number of aromatic nitrogens is 1. The minimum absolute atomic E-state index is 0.0969. The number of amides is 1. The molecule has 1 aliphatic rings. The van der Waals surface area contributed by atoms with E-state index >= 15 is 0 Å². The van der Waals surface area contributed by atoms with E-state index in [0.717, 1.165) is 36.4 Å². The van der Waals surface area contributed by atoms with Crippen molar-refractivity contribution < 1.29 is 4.79 Å². The van der Waals surface area contributed by atoms with Crippen LogP contribution in [0.15, 0.2) is 35.4 Å². The molecule has 6 heteroatoms. The molecule has 0 saturated carbocycles. The molecule has 3 rings (SSSR count). The maximum absolute atomic E-state index is 12.2. The van der Waals surface area contributed by atoms with Crippen LogP contribution in [0.4, 0.5) is 5.69 Å². The fraction of sp³-hybridized carbons (Fsp3) is 0.381. The van der Waals surface area contributed by atoms with Crippen LogP contribution < -0.4 is 5.32 Å². The highest BCUT2D eigenvalue weighted by atomic mass is 35.5. The summed E-state index contributed by atoms with van der Waals surface area (Å²) in [6.07, 6.45) is 7.11. The van der Waals surface area contributed by atoms with Gasteiger partial charge in [0, 0.05) is 17.9 Å². The molecule has 1 aromatic heterocycles. The Morgan fingerprint density at radius 2 is 2.00 bits per heavy atom. The number of para-hydroxylation sites is 1. The number of nitriles is 1. The average Bonchev–Trinajstić information content (AvgIpc) is 2.64. The number of hydrogen-bond donors (Lipinski definition) is 1. The number of anilines is 1. The van der Waals surface area contributed by atoms with Gasteiger partial charge in [0.25, 0.3) is 0 Å². The second-order valence-corrected chi connectivity index (χ2v) is 8.09. The Labute approximate surface area is 169 Å². The molecule has 140 valence electrons. The number of benzene rings is 1. The summed E-state index contributed by atoms with van der Waals surface area (Å²) in [6, 6.07) is 11.4. The van der Waals surface area contributed by atoms with Crippen LogP contribution in [0, 0.1) is 11.3 Å². The summed E-state index contributed by atoms with van der Waals surface area (Å²) in [5.41, 5.74) is 3.57. The first-order valence-electron chi connectivity index (χ1n) is 9.27. The van der Waals surface area contributed by atoms with Crippen LogP contribution in [-0.2, 0) is 17.6 Å². The van der Waals surface area contributed by atoms with Gasteiger partial charge in [0.2, 0.25) is 5.91 Å². The molecule has 1 aromatic carbocycles. The van der Waals surface area contributed by atoms with Crippen molar-refractivity contribution in [1.82, 2.24) is 4.98 Å². The number of thioether (sulfide) groups is 1. The third-order valence-corrected chi connectivity index (χ3v) is 5.92. The van der Waals surface area contributed by atoms with Crippen LogP contribution in [0.5, 0.6) is 0 Å². The molecule has 2 aromatic rings. The number of fused-ring (bicyclic) bond motifs is 1. The van der Waals surface area contributed by atoms with Crippen LogP contribution in [-0.4, -0.2) is 16.6 Å². The van der Waals surface area contributed by atoms with Gasteiger partial charge in [0.05, 0.1) is 16.3 Å². The Morgan fingerprint density at radius 3 is 2.78 bits per heavy atom. The Kier molecular flexibility index (Phi) is 7.14. The highest BCUT2D eigenvalue weighted by molar-refractivity contribution is 7.99. The standard InChI is InChI=1S/C21H22ClN3OS/c22-17-8-5-6-10-19(17)24-20(26)11-12-27-21-16(14-23)13-15-7-3-1-2-4-9-18(15)25-21/h5-6,8,10,13H,1-4,7,9,11-12H2,(H,24,26). The van der Waals surface area contributed by atoms with Gasteiger partial charge in [-0.05, 0) is 49.4 Å². The number of aryl methyl sites for hydroxylation is 2. The lowest BCUT2D eigenvalue weighted by molar-refractivity contribution is -0.115. The zero-order valence-electron chi connectivity index (χ0n) is 15.1. The van der Waals surface area contributed by atoms with Crippen LogP contribution in [0.1, 0.15) is 48.9 Å². The minimum atomic E-state index is -0.0969. The Balaban J connectivity index is 1.62. The molecule has 0 atom stereocenters. The maximum atomic E-state index is 12.2. The van der Waals surface area contributed by atoms with Gasteiger partial charge in [-0.15, -0.1) is 11.8 Å². The first-order chi connectivity index (χ1) is 13.2. The van der Waals surface area contributed by atoms with Crippen molar-refractivity contribution in [3.8, 4) is 6.07 Å². The van der Waals surface area contributed by atoms with E-state index < -0.39 is 0 Å². The molecule has 0 aliphatic heterocycles. The molecule has 1 amide bonds. The summed E-state index contributed by atoms with van der Waals surface area (Å²) < 4.78 is 0. The van der Waals surface area contributed by atoms with E-state index in [2.05, 4.69) is 11.4 Å². The molecule has 0 bridgehead atoms. The first-order valence-corrected chi connectivity index (χ1v) is 10.6. The molecule has 0 saturated heterocycles. The van der Waals surface area contributed by atoms with Crippen molar-refractivity contribution >= 4 is 35.0 Å². The molecular formula is C21H22ClN3OS. The molecule has 4 nitrogen and oxygen atoms in total. The van der Waals surface area contributed by atoms with E-state index in [0.29, 0.717) is 28.4 Å². The van der Waals surface area contributed by atoms with E-state index in [4.69, 9.17) is 16.6 Å². The second-order valence-electron chi connectivity index (χ2n) is 6.60. The Morgan fingerprint density at radius 1 is 1.22 bits per heavy atom. The summed E-state index contributed by atoms with van der Waals surface area (Å²) in [6.45, 7) is 0. The van der Waals surface area contributed by atoms with Crippen molar-refractivity contribution in [1.29, 1.82) is 5.26 Å². The number of carbonyl (C=O) groups is 1. The van der Waals surface area contributed by atoms with E-state index in [1.807, 2.05) is 18.2 Å². The van der Waals surface area contributed by atoms with Crippen LogP contribution in [0.3, 0.4) is 0 Å². The topological polar surface area (TPSA) is 65.8 Å². The van der Waals surface area contributed by atoms with Gasteiger partial charge in [-0.1, -0.05) is 36.6 Å². The summed E-state index contributed by atoms with van der Waals surface area (Å²) in [4.78, 5) is 16.9. The number of nitrogens with one attached hydrogen (secondary N) is 1. The normalized spacial score (nSPS) is 13.8. The molecule has 0 spiro atoms. The van der Waals surface area contributed by atoms with Crippen molar-refractivity contribution in [3.63, 3.8) is 0 Å². The SMILES string of the molecule is N#Cc1cc2c(nc1SCCC(=O)Nc1ccccc1Cl)CCCCCC2. The van der Waals surface area contributed by atoms with Crippen LogP contribution in [0.25, 0.3) is 0 Å². The number of pyridine rings is 1. The fourth-order valence-corrected chi connectivity index (χ4v) is 4.27. The molecule has 1 heterocycles. The van der Waals surface area contributed by atoms with Crippen molar-refractivity contribution in [2.24, 2.45) is 0 Å². The van der Waals surface area contributed by atoms with Gasteiger partial charge in [-0.3, -0.25) is 4.79 Å². The smallest absolute Gasteiger partial charge is 0.225 e. The van der Waals surface area contributed by atoms with E-state index in [9.17, 15) is 10.1 Å². The van der Waals surface area contributed by atoms with Crippen molar-refractivity contribution in [3.05, 3.63) is 52.2 Å². The van der Waals surface area contributed by atoms with Gasteiger partial charge in [-0.25, -0.2) is 4.98 Å². The molecule has 0 radical (unpaired) electrons. The average molecular weight is 400 g/mol. The predicted octanol–water partition coefficient (Wildman–Crippen LogP) is 5.39. The second kappa shape index (κ2) is 9.77. The molecule has 27 heavy (non-hydrogen) atoms. The monoisotopic (exact) mass is 399 g/mol. The predicted molar refractivity (Wildman–Crippen MR) is 110 cm³/mol. The summed E-state index contributed by atoms with van der Waals surface area (Å²) >= 11 is 7.54. The third-order valence-electron chi connectivity index (χ3n) is 4.60. The number of rotatable bonds is 5. The molecule has 0 unspecified atom stereocenters. The lowest BCUT2D eigenvalue weighted by Gasteiger charge is -2.15. The lowest BCUT2D eigenvalue weighted by Crippen LogP contribution is -2.12. The maximum Gasteiger partial charge on any atom is 0.225 e. The molecule has 0 fully saturated rings. The summed E-state index contributed by atoms with van der Waals surface area (Å²) in [5, 5.41) is 13.6. The molecule has 1 N–H and O–H groups in total. The molecular weight excluding hydrogens is 378 g/mol. The summed E-state index contributed by atoms with van der Waals surface area (Å²) in [7, 11) is 0. The zero-order chi connectivity index (χ0) is 19.1. The fourth-order valence-electron chi connectivity index (χ4n) is 3.17. The van der Waals surface area contributed by atoms with E-state index in [1.54, 1.807) is 12.1 Å². The first kappa shape index (κ1) is 19.7. The number of hydrogen-bond acceptors (Lipinski definition) is 4. The largest absolute Gasteiger partial charge is 0.325 e. The highest BCUT2D eigenvalue weighted by Crippen LogP contribution is 2.27. The van der Waals surface area contributed by atoms with Crippen molar-refractivity contribution in [2.75, 3.05) is 11.1 Å². The van der Waals surface area contributed by atoms with Gasteiger partial charge in [0.1, 0.15) is 11.1 Å². The van der Waals surface area contributed by atoms with Crippen molar-refractivity contribution in [2.45, 2.75) is 50.0 Å². The Bertz CT molecular complexity index is 863. The Hall–Kier alpha value is -2.03. The van der Waals surface area contributed by atoms with Crippen LogP contribution >= 0.6 is 23.4 Å². The quantitative estimate of drug-likeness (QED) is 0.685. The van der Waals surface area contributed by atoms with Crippen LogP contribution in [0.2, 0.25) is 5.02 Å². The number of carbonyl (C=O) groups excluding carboxylic acids is 1. The minimum Gasteiger partial charge on any atom is -0.325 e. The number of nitrogens with zero attached hydrogens (tertiary/aromatic N) is 2. The third kappa shape index (κ3) is 5.47.